The molecule has 0 heteroatoms. The smallest absolute Gasteiger partial charge is 0.0152 e. The molecule has 3 aliphatic rings. The number of benzene rings is 2. The van der Waals surface area contributed by atoms with E-state index in [1.807, 2.05) is 27.7 Å². The summed E-state index contributed by atoms with van der Waals surface area (Å²) >= 11 is 0. The summed E-state index contributed by atoms with van der Waals surface area (Å²) in [6.45, 7) is 17.8. The molecule has 26 heavy (non-hydrogen) atoms. The van der Waals surface area contributed by atoms with Crippen molar-refractivity contribution in [1.82, 2.24) is 0 Å². The molecular formula is C26H36. The summed E-state index contributed by atoms with van der Waals surface area (Å²) < 4.78 is 0. The van der Waals surface area contributed by atoms with E-state index in [-0.39, 0.29) is 5.41 Å². The predicted molar refractivity (Wildman–Crippen MR) is 114 cm³/mol. The van der Waals surface area contributed by atoms with Crippen LogP contribution in [0.5, 0.6) is 0 Å². The minimum atomic E-state index is 0.134. The Morgan fingerprint density at radius 1 is 0.731 bits per heavy atom. The van der Waals surface area contributed by atoms with Crippen LogP contribution in [0.15, 0.2) is 36.4 Å². The molecule has 140 valence electrons. The Morgan fingerprint density at radius 2 is 1.27 bits per heavy atom. The number of rotatable bonds is 0. The van der Waals surface area contributed by atoms with Gasteiger partial charge in [0.25, 0.3) is 0 Å². The van der Waals surface area contributed by atoms with Crippen LogP contribution in [0.25, 0.3) is 0 Å². The minimum Gasteiger partial charge on any atom is -0.0683 e. The first-order chi connectivity index (χ1) is 12.4. The molecule has 0 fully saturated rings. The molecule has 0 bridgehead atoms. The summed E-state index contributed by atoms with van der Waals surface area (Å²) in [4.78, 5) is 0. The van der Waals surface area contributed by atoms with E-state index in [0.29, 0.717) is 11.3 Å². The van der Waals surface area contributed by atoms with Gasteiger partial charge >= 0.3 is 0 Å². The fourth-order valence-electron chi connectivity index (χ4n) is 5.90. The van der Waals surface area contributed by atoms with Gasteiger partial charge in [-0.1, -0.05) is 91.8 Å². The molecule has 0 radical (unpaired) electrons. The first-order valence-electron chi connectivity index (χ1n) is 10.7. The molecule has 2 atom stereocenters. The van der Waals surface area contributed by atoms with Crippen LogP contribution in [0.1, 0.15) is 101 Å². The normalized spacial score (nSPS) is 24.5. The van der Waals surface area contributed by atoms with Gasteiger partial charge in [0.2, 0.25) is 0 Å². The molecule has 0 N–H and O–H groups in total. The Balaban J connectivity index is 0.000000461. The van der Waals surface area contributed by atoms with Crippen LogP contribution in [0.3, 0.4) is 0 Å². The topological polar surface area (TPSA) is 0 Å². The average Bonchev–Trinajstić information content (AvgIpc) is 2.91. The summed E-state index contributed by atoms with van der Waals surface area (Å²) in [6.07, 6.45) is 2.59. The van der Waals surface area contributed by atoms with Crippen LogP contribution in [-0.2, 0) is 17.3 Å². The minimum absolute atomic E-state index is 0.134. The van der Waals surface area contributed by atoms with Crippen LogP contribution in [0.4, 0.5) is 0 Å². The van der Waals surface area contributed by atoms with Crippen molar-refractivity contribution in [3.05, 3.63) is 69.8 Å². The van der Waals surface area contributed by atoms with Crippen molar-refractivity contribution in [2.45, 2.75) is 85.0 Å². The molecule has 0 saturated heterocycles. The second-order valence-electron chi connectivity index (χ2n) is 8.61. The standard InChI is InChI=1S/C22H24.2C2H6/c1-21(2)14-8-5-7-13-11-12-17-20(18(13)14)19-15(21)9-6-10-16(19)22(17,3)4;2*1-2/h5-10,17,20H,11-12H2,1-4H3;2*1-2H3. The van der Waals surface area contributed by atoms with Crippen molar-refractivity contribution in [3.63, 3.8) is 0 Å². The van der Waals surface area contributed by atoms with Gasteiger partial charge in [0, 0.05) is 11.3 Å². The Hall–Kier alpha value is -1.56. The summed E-state index contributed by atoms with van der Waals surface area (Å²) in [5.41, 5.74) is 10.2. The van der Waals surface area contributed by atoms with Crippen molar-refractivity contribution in [1.29, 1.82) is 0 Å². The van der Waals surface area contributed by atoms with Crippen molar-refractivity contribution in [3.8, 4) is 0 Å². The first-order valence-corrected chi connectivity index (χ1v) is 10.7. The van der Waals surface area contributed by atoms with Gasteiger partial charge in [-0.3, -0.25) is 0 Å². The van der Waals surface area contributed by atoms with E-state index in [1.165, 1.54) is 12.8 Å². The predicted octanol–water partition coefficient (Wildman–Crippen LogP) is 7.36. The lowest BCUT2D eigenvalue weighted by Crippen LogP contribution is -2.35. The molecule has 5 rings (SSSR count). The fourth-order valence-corrected chi connectivity index (χ4v) is 5.90. The van der Waals surface area contributed by atoms with E-state index in [2.05, 4.69) is 64.1 Å². The molecular weight excluding hydrogens is 312 g/mol. The maximum Gasteiger partial charge on any atom is 0.0152 e. The van der Waals surface area contributed by atoms with Crippen LogP contribution in [0.2, 0.25) is 0 Å². The molecule has 0 amide bonds. The highest BCUT2D eigenvalue weighted by Gasteiger charge is 2.54. The molecule has 0 nitrogen and oxygen atoms in total. The fraction of sp³-hybridized carbons (Fsp3) is 0.538. The van der Waals surface area contributed by atoms with Crippen LogP contribution in [-0.4, -0.2) is 0 Å². The van der Waals surface area contributed by atoms with Gasteiger partial charge in [0.15, 0.2) is 0 Å². The highest BCUT2D eigenvalue weighted by Crippen LogP contribution is 2.63. The molecule has 0 aliphatic heterocycles. The van der Waals surface area contributed by atoms with Gasteiger partial charge in [0.1, 0.15) is 0 Å². The molecule has 2 aromatic rings. The third-order valence-corrected chi connectivity index (χ3v) is 7.02. The maximum absolute atomic E-state index is 2.48. The lowest BCUT2D eigenvalue weighted by molar-refractivity contribution is 0.286. The average molecular weight is 349 g/mol. The van der Waals surface area contributed by atoms with Gasteiger partial charge in [0.05, 0.1) is 0 Å². The van der Waals surface area contributed by atoms with E-state index in [1.54, 1.807) is 33.4 Å². The number of aryl methyl sites for hydroxylation is 1. The maximum atomic E-state index is 2.48. The summed E-state index contributed by atoms with van der Waals surface area (Å²) in [5, 5.41) is 0. The van der Waals surface area contributed by atoms with Crippen molar-refractivity contribution < 1.29 is 0 Å². The second kappa shape index (κ2) is 6.55. The summed E-state index contributed by atoms with van der Waals surface area (Å²) in [6, 6.07) is 14.1. The van der Waals surface area contributed by atoms with Gasteiger partial charge in [-0.25, -0.2) is 0 Å². The monoisotopic (exact) mass is 348 g/mol. The molecule has 0 aromatic heterocycles. The van der Waals surface area contributed by atoms with Crippen LogP contribution in [0, 0.1) is 5.92 Å². The van der Waals surface area contributed by atoms with Gasteiger partial charge in [-0.05, 0) is 57.6 Å². The second-order valence-corrected chi connectivity index (χ2v) is 8.61. The zero-order valence-corrected chi connectivity index (χ0v) is 18.0. The molecule has 2 unspecified atom stereocenters. The van der Waals surface area contributed by atoms with Crippen LogP contribution < -0.4 is 0 Å². The molecule has 0 saturated carbocycles. The third-order valence-electron chi connectivity index (χ3n) is 7.02. The molecule has 0 heterocycles. The largest absolute Gasteiger partial charge is 0.0683 e. The van der Waals surface area contributed by atoms with Crippen molar-refractivity contribution in [2.75, 3.05) is 0 Å². The van der Waals surface area contributed by atoms with Gasteiger partial charge < -0.3 is 0 Å². The van der Waals surface area contributed by atoms with Gasteiger partial charge in [-0.15, -0.1) is 0 Å². The molecule has 0 spiro atoms. The van der Waals surface area contributed by atoms with E-state index < -0.39 is 0 Å². The van der Waals surface area contributed by atoms with Crippen molar-refractivity contribution >= 4 is 0 Å². The SMILES string of the molecule is CC.CC.CC1(C)c2cccc3c2C2c4c1cccc4C(C)(C)C2CC3. The summed E-state index contributed by atoms with van der Waals surface area (Å²) in [7, 11) is 0. The van der Waals surface area contributed by atoms with E-state index in [0.717, 1.165) is 5.92 Å². The lowest BCUT2D eigenvalue weighted by atomic mass is 9.60. The third kappa shape index (κ3) is 2.27. The Bertz CT molecular complexity index is 807. The summed E-state index contributed by atoms with van der Waals surface area (Å²) in [5.74, 6) is 1.42. The Labute approximate surface area is 161 Å². The van der Waals surface area contributed by atoms with Crippen LogP contribution >= 0.6 is 0 Å². The highest BCUT2D eigenvalue weighted by atomic mass is 14.6. The molecule has 2 aromatic carbocycles. The number of hydrogen-bond donors (Lipinski definition) is 0. The quantitative estimate of drug-likeness (QED) is 0.466. The Morgan fingerprint density at radius 3 is 1.92 bits per heavy atom. The van der Waals surface area contributed by atoms with Gasteiger partial charge in [-0.2, -0.15) is 0 Å². The van der Waals surface area contributed by atoms with E-state index in [4.69, 9.17) is 0 Å². The lowest BCUT2D eigenvalue weighted by Gasteiger charge is -2.44. The molecule has 3 aliphatic carbocycles. The zero-order valence-electron chi connectivity index (χ0n) is 18.0. The van der Waals surface area contributed by atoms with E-state index in [9.17, 15) is 0 Å². The number of hydrogen-bond acceptors (Lipinski definition) is 0. The van der Waals surface area contributed by atoms with Crippen molar-refractivity contribution in [2.24, 2.45) is 5.92 Å². The first kappa shape index (κ1) is 19.2. The zero-order chi connectivity index (χ0) is 19.3. The van der Waals surface area contributed by atoms with E-state index >= 15 is 0 Å². The Kier molecular flexibility index (Phi) is 4.84. The highest BCUT2D eigenvalue weighted by molar-refractivity contribution is 5.65.